The van der Waals surface area contributed by atoms with Crippen molar-refractivity contribution in [3.63, 3.8) is 0 Å². The van der Waals surface area contributed by atoms with Crippen LogP contribution in [-0.4, -0.2) is 30.9 Å². The summed E-state index contributed by atoms with van der Waals surface area (Å²) in [6.07, 6.45) is 1.04. The van der Waals surface area contributed by atoms with Crippen LogP contribution in [0.15, 0.2) is 16.5 Å². The van der Waals surface area contributed by atoms with Gasteiger partial charge in [-0.1, -0.05) is 6.92 Å². The van der Waals surface area contributed by atoms with Crippen LogP contribution in [0.4, 0.5) is 0 Å². The molecule has 18 heavy (non-hydrogen) atoms. The highest BCUT2D eigenvalue weighted by Gasteiger charge is 2.15. The fourth-order valence-corrected chi connectivity index (χ4v) is 1.56. The number of amides is 1. The molecule has 1 amide bonds. The Morgan fingerprint density at radius 1 is 1.56 bits per heavy atom. The number of rotatable bonds is 6. The highest BCUT2D eigenvalue weighted by Crippen LogP contribution is 2.10. The summed E-state index contributed by atoms with van der Waals surface area (Å²) < 4.78 is 5.44. The molecule has 98 valence electrons. The molecule has 0 bridgehead atoms. The van der Waals surface area contributed by atoms with Crippen LogP contribution in [0.1, 0.15) is 36.1 Å². The van der Waals surface area contributed by atoms with Crippen molar-refractivity contribution in [2.75, 3.05) is 14.1 Å². The van der Waals surface area contributed by atoms with Crippen LogP contribution >= 0.6 is 0 Å². The van der Waals surface area contributed by atoms with Crippen molar-refractivity contribution in [3.05, 3.63) is 23.7 Å². The molecule has 0 saturated heterocycles. The molecular weight excluding hydrogens is 230 g/mol. The predicted molar refractivity (Wildman–Crippen MR) is 67.9 cm³/mol. The molecule has 0 aliphatic carbocycles. The van der Waals surface area contributed by atoms with Crippen molar-refractivity contribution in [2.24, 2.45) is 0 Å². The van der Waals surface area contributed by atoms with Gasteiger partial charge >= 0.3 is 0 Å². The third kappa shape index (κ3) is 4.22. The number of nitrogens with one attached hydrogen (secondary N) is 1. The molecule has 1 unspecified atom stereocenters. The SMILES string of the molecule is CCC(CC#N)NC(=O)c1ccc(CN(C)C)o1. The van der Waals surface area contributed by atoms with E-state index in [4.69, 9.17) is 9.68 Å². The minimum atomic E-state index is -0.262. The monoisotopic (exact) mass is 249 g/mol. The van der Waals surface area contributed by atoms with Crippen LogP contribution in [0, 0.1) is 11.3 Å². The lowest BCUT2D eigenvalue weighted by molar-refractivity contribution is 0.0905. The third-order valence-corrected chi connectivity index (χ3v) is 2.52. The Kier molecular flexibility index (Phi) is 5.40. The number of carbonyl (C=O) groups is 1. The van der Waals surface area contributed by atoms with Gasteiger partial charge in [-0.05, 0) is 32.6 Å². The molecule has 0 saturated carbocycles. The summed E-state index contributed by atoms with van der Waals surface area (Å²) in [6.45, 7) is 2.59. The number of carbonyl (C=O) groups excluding carboxylic acids is 1. The molecule has 5 heteroatoms. The lowest BCUT2D eigenvalue weighted by Crippen LogP contribution is -2.33. The van der Waals surface area contributed by atoms with Crippen LogP contribution in [0.3, 0.4) is 0 Å². The maximum atomic E-state index is 11.9. The Morgan fingerprint density at radius 3 is 2.83 bits per heavy atom. The van der Waals surface area contributed by atoms with Gasteiger partial charge in [0.1, 0.15) is 5.76 Å². The molecule has 1 rings (SSSR count). The fraction of sp³-hybridized carbons (Fsp3) is 0.538. The smallest absolute Gasteiger partial charge is 0.287 e. The number of nitriles is 1. The number of nitrogens with zero attached hydrogens (tertiary/aromatic N) is 2. The summed E-state index contributed by atoms with van der Waals surface area (Å²) in [5, 5.41) is 11.4. The molecule has 1 atom stereocenters. The van der Waals surface area contributed by atoms with E-state index in [1.54, 1.807) is 12.1 Å². The average Bonchev–Trinajstić information content (AvgIpc) is 2.76. The van der Waals surface area contributed by atoms with E-state index in [1.165, 1.54) is 0 Å². The Labute approximate surface area is 107 Å². The zero-order valence-corrected chi connectivity index (χ0v) is 11.1. The number of furan rings is 1. The molecule has 1 aromatic rings. The molecule has 1 heterocycles. The highest BCUT2D eigenvalue weighted by atomic mass is 16.4. The molecule has 0 fully saturated rings. The normalized spacial score (nSPS) is 12.2. The number of hydrogen-bond acceptors (Lipinski definition) is 4. The summed E-state index contributed by atoms with van der Waals surface area (Å²) in [5.41, 5.74) is 0. The first-order valence-electron chi connectivity index (χ1n) is 5.98. The van der Waals surface area contributed by atoms with E-state index in [9.17, 15) is 4.79 Å². The van der Waals surface area contributed by atoms with Gasteiger partial charge in [0, 0.05) is 6.04 Å². The van der Waals surface area contributed by atoms with Crippen molar-refractivity contribution < 1.29 is 9.21 Å². The molecule has 1 aromatic heterocycles. The first-order valence-corrected chi connectivity index (χ1v) is 5.98. The van der Waals surface area contributed by atoms with E-state index < -0.39 is 0 Å². The first kappa shape index (κ1) is 14.3. The average molecular weight is 249 g/mol. The Morgan fingerprint density at radius 2 is 2.28 bits per heavy atom. The Bertz CT molecular complexity index is 432. The van der Waals surface area contributed by atoms with E-state index >= 15 is 0 Å². The summed E-state index contributed by atoms with van der Waals surface area (Å²) in [6, 6.07) is 5.39. The fourth-order valence-electron chi connectivity index (χ4n) is 1.56. The largest absolute Gasteiger partial charge is 0.455 e. The summed E-state index contributed by atoms with van der Waals surface area (Å²) in [7, 11) is 3.87. The highest BCUT2D eigenvalue weighted by molar-refractivity contribution is 5.91. The topological polar surface area (TPSA) is 69.3 Å². The summed E-state index contributed by atoms with van der Waals surface area (Å²) in [4.78, 5) is 13.8. The van der Waals surface area contributed by atoms with E-state index in [2.05, 4.69) is 11.4 Å². The lowest BCUT2D eigenvalue weighted by atomic mass is 10.1. The summed E-state index contributed by atoms with van der Waals surface area (Å²) in [5.74, 6) is 0.781. The molecule has 0 radical (unpaired) electrons. The van der Waals surface area contributed by atoms with Gasteiger partial charge < -0.3 is 14.6 Å². The molecule has 5 nitrogen and oxygen atoms in total. The minimum Gasteiger partial charge on any atom is -0.455 e. The van der Waals surface area contributed by atoms with E-state index in [1.807, 2.05) is 25.9 Å². The molecule has 0 aliphatic rings. The van der Waals surface area contributed by atoms with Gasteiger partial charge in [0.05, 0.1) is 19.0 Å². The van der Waals surface area contributed by atoms with E-state index in [-0.39, 0.29) is 11.9 Å². The van der Waals surface area contributed by atoms with Gasteiger partial charge in [-0.25, -0.2) is 0 Å². The molecule has 0 aromatic carbocycles. The zero-order chi connectivity index (χ0) is 13.5. The van der Waals surface area contributed by atoms with Crippen molar-refractivity contribution in [2.45, 2.75) is 32.4 Å². The van der Waals surface area contributed by atoms with Gasteiger partial charge in [0.15, 0.2) is 5.76 Å². The van der Waals surface area contributed by atoms with Gasteiger partial charge in [0.25, 0.3) is 5.91 Å². The van der Waals surface area contributed by atoms with Crippen LogP contribution in [0.5, 0.6) is 0 Å². The number of hydrogen-bond donors (Lipinski definition) is 1. The van der Waals surface area contributed by atoms with Gasteiger partial charge in [0.2, 0.25) is 0 Å². The maximum Gasteiger partial charge on any atom is 0.287 e. The third-order valence-electron chi connectivity index (χ3n) is 2.52. The van der Waals surface area contributed by atoms with Crippen LogP contribution in [-0.2, 0) is 6.54 Å². The quantitative estimate of drug-likeness (QED) is 0.834. The molecule has 0 spiro atoms. The van der Waals surface area contributed by atoms with Crippen molar-refractivity contribution >= 4 is 5.91 Å². The van der Waals surface area contributed by atoms with E-state index in [0.29, 0.717) is 18.7 Å². The van der Waals surface area contributed by atoms with Gasteiger partial charge in [-0.3, -0.25) is 4.79 Å². The first-order chi connectivity index (χ1) is 8.56. The second-order valence-electron chi connectivity index (χ2n) is 4.44. The Hall–Kier alpha value is -1.80. The van der Waals surface area contributed by atoms with E-state index in [0.717, 1.165) is 12.2 Å². The lowest BCUT2D eigenvalue weighted by Gasteiger charge is -2.12. The van der Waals surface area contributed by atoms with Gasteiger partial charge in [-0.2, -0.15) is 5.26 Å². The standard InChI is InChI=1S/C13H19N3O2/c1-4-10(7-8-14)15-13(17)12-6-5-11(18-12)9-16(2)3/h5-6,10H,4,7,9H2,1-3H3,(H,15,17). The predicted octanol–water partition coefficient (Wildman–Crippen LogP) is 1.76. The Balaban J connectivity index is 2.61. The zero-order valence-electron chi connectivity index (χ0n) is 11.1. The molecule has 1 N–H and O–H groups in total. The van der Waals surface area contributed by atoms with Crippen LogP contribution < -0.4 is 5.32 Å². The second-order valence-corrected chi connectivity index (χ2v) is 4.44. The molecular formula is C13H19N3O2. The van der Waals surface area contributed by atoms with Crippen LogP contribution in [0.25, 0.3) is 0 Å². The maximum absolute atomic E-state index is 11.9. The van der Waals surface area contributed by atoms with Gasteiger partial charge in [-0.15, -0.1) is 0 Å². The minimum absolute atomic E-state index is 0.120. The summed E-state index contributed by atoms with van der Waals surface area (Å²) >= 11 is 0. The van der Waals surface area contributed by atoms with Crippen molar-refractivity contribution in [3.8, 4) is 6.07 Å². The second kappa shape index (κ2) is 6.82. The van der Waals surface area contributed by atoms with Crippen molar-refractivity contribution in [1.29, 1.82) is 5.26 Å². The van der Waals surface area contributed by atoms with Crippen LogP contribution in [0.2, 0.25) is 0 Å². The van der Waals surface area contributed by atoms with Crippen molar-refractivity contribution in [1.82, 2.24) is 10.2 Å². The molecule has 0 aliphatic heterocycles.